The highest BCUT2D eigenvalue weighted by molar-refractivity contribution is 9.10. The molecule has 29 heavy (non-hydrogen) atoms. The molecular weight excluding hydrogens is 450 g/mol. The highest BCUT2D eigenvalue weighted by atomic mass is 79.9. The quantitative estimate of drug-likeness (QED) is 0.382. The minimum atomic E-state index is -3.79. The summed E-state index contributed by atoms with van der Waals surface area (Å²) < 4.78 is 28.9. The summed E-state index contributed by atoms with van der Waals surface area (Å²) in [4.78, 5) is 7.92. The Bertz CT molecular complexity index is 1480. The van der Waals surface area contributed by atoms with E-state index in [0.717, 1.165) is 37.5 Å². The molecule has 0 aliphatic rings. The number of H-pyrrole nitrogens is 1. The molecule has 0 aliphatic carbocycles. The van der Waals surface area contributed by atoms with Gasteiger partial charge >= 0.3 is 0 Å². The molecule has 0 atom stereocenters. The molecular formula is C22H16BrN3O2S. The number of aromatic nitrogens is 3. The third kappa shape index (κ3) is 2.89. The maximum atomic E-state index is 13.4. The predicted molar refractivity (Wildman–Crippen MR) is 118 cm³/mol. The number of aryl methyl sites for hydroxylation is 1. The van der Waals surface area contributed by atoms with Crippen LogP contribution < -0.4 is 0 Å². The zero-order valence-corrected chi connectivity index (χ0v) is 17.8. The minimum Gasteiger partial charge on any atom is -0.361 e. The first-order chi connectivity index (χ1) is 13.9. The number of halogens is 1. The van der Waals surface area contributed by atoms with Crippen molar-refractivity contribution in [1.82, 2.24) is 13.9 Å². The molecule has 0 unspecified atom stereocenters. The molecule has 144 valence electrons. The van der Waals surface area contributed by atoms with E-state index in [2.05, 4.69) is 25.9 Å². The molecule has 3 aromatic heterocycles. The molecule has 1 N–H and O–H groups in total. The maximum absolute atomic E-state index is 13.4. The number of hydrogen-bond acceptors (Lipinski definition) is 3. The van der Waals surface area contributed by atoms with Crippen molar-refractivity contribution in [3.05, 3.63) is 83.2 Å². The lowest BCUT2D eigenvalue weighted by Gasteiger charge is -2.07. The van der Waals surface area contributed by atoms with Crippen LogP contribution in [-0.4, -0.2) is 22.4 Å². The van der Waals surface area contributed by atoms with Crippen LogP contribution in [0.25, 0.3) is 33.1 Å². The molecule has 5 rings (SSSR count). The normalized spacial score (nSPS) is 12.1. The van der Waals surface area contributed by atoms with E-state index >= 15 is 0 Å². The number of nitrogens with one attached hydrogen (secondary N) is 1. The lowest BCUT2D eigenvalue weighted by Crippen LogP contribution is -2.12. The summed E-state index contributed by atoms with van der Waals surface area (Å²) in [5.74, 6) is 0. The van der Waals surface area contributed by atoms with Crippen LogP contribution in [0.1, 0.15) is 5.56 Å². The summed E-state index contributed by atoms with van der Waals surface area (Å²) in [5.41, 5.74) is 4.09. The van der Waals surface area contributed by atoms with Crippen molar-refractivity contribution in [2.75, 3.05) is 0 Å². The number of rotatable bonds is 3. The van der Waals surface area contributed by atoms with Crippen molar-refractivity contribution in [2.24, 2.45) is 0 Å². The van der Waals surface area contributed by atoms with Crippen LogP contribution >= 0.6 is 15.9 Å². The largest absolute Gasteiger partial charge is 0.361 e. The number of fused-ring (bicyclic) bond motifs is 2. The van der Waals surface area contributed by atoms with Gasteiger partial charge in [0.05, 0.1) is 10.4 Å². The second-order valence-electron chi connectivity index (χ2n) is 6.93. The van der Waals surface area contributed by atoms with Gasteiger partial charge in [-0.2, -0.15) is 0 Å². The zero-order valence-electron chi connectivity index (χ0n) is 15.4. The van der Waals surface area contributed by atoms with Gasteiger partial charge in [-0.25, -0.2) is 17.4 Å². The van der Waals surface area contributed by atoms with Crippen LogP contribution in [0, 0.1) is 6.92 Å². The Morgan fingerprint density at radius 1 is 1.03 bits per heavy atom. The lowest BCUT2D eigenvalue weighted by atomic mass is 10.0. The van der Waals surface area contributed by atoms with Crippen molar-refractivity contribution in [1.29, 1.82) is 0 Å². The summed E-state index contributed by atoms with van der Waals surface area (Å²) in [5, 5.41) is 1.82. The maximum Gasteiger partial charge on any atom is 0.269 e. The molecule has 0 radical (unpaired) electrons. The fraction of sp³-hybridized carbons (Fsp3) is 0.0455. The average Bonchev–Trinajstić information content (AvgIpc) is 3.33. The van der Waals surface area contributed by atoms with Crippen LogP contribution in [0.2, 0.25) is 0 Å². The molecule has 0 aliphatic heterocycles. The van der Waals surface area contributed by atoms with Gasteiger partial charge in [0.15, 0.2) is 5.65 Å². The fourth-order valence-electron chi connectivity index (χ4n) is 3.58. The van der Waals surface area contributed by atoms with E-state index in [1.165, 1.54) is 3.97 Å². The Hall–Kier alpha value is -2.90. The summed E-state index contributed by atoms with van der Waals surface area (Å²) in [6.07, 6.45) is 5.15. The minimum absolute atomic E-state index is 0.231. The topological polar surface area (TPSA) is 67.8 Å². The van der Waals surface area contributed by atoms with Gasteiger partial charge in [-0.15, -0.1) is 0 Å². The summed E-state index contributed by atoms with van der Waals surface area (Å²) in [6.45, 7) is 1.93. The lowest BCUT2D eigenvalue weighted by molar-refractivity contribution is 0.589. The third-order valence-corrected chi connectivity index (χ3v) is 7.13. The van der Waals surface area contributed by atoms with Crippen molar-refractivity contribution in [3.8, 4) is 11.1 Å². The molecule has 3 heterocycles. The molecule has 0 amide bonds. The smallest absolute Gasteiger partial charge is 0.269 e. The van der Waals surface area contributed by atoms with Gasteiger partial charge in [-0.3, -0.25) is 0 Å². The number of pyridine rings is 1. The van der Waals surface area contributed by atoms with Crippen LogP contribution in [0.5, 0.6) is 0 Å². The van der Waals surface area contributed by atoms with Crippen LogP contribution in [0.4, 0.5) is 0 Å². The highest BCUT2D eigenvalue weighted by Gasteiger charge is 2.23. The van der Waals surface area contributed by atoms with Gasteiger partial charge in [0, 0.05) is 39.6 Å². The number of nitrogens with zero attached hydrogens (tertiary/aromatic N) is 2. The molecule has 2 aromatic carbocycles. The van der Waals surface area contributed by atoms with E-state index in [1.807, 2.05) is 43.5 Å². The van der Waals surface area contributed by atoms with Gasteiger partial charge in [-0.1, -0.05) is 35.9 Å². The first-order valence-corrected chi connectivity index (χ1v) is 11.2. The SMILES string of the molecule is Cc1ccc(S(=O)(=O)n2cc(-c3cccc4cc[nH]c34)c3cc(Br)cnc32)cc1. The van der Waals surface area contributed by atoms with E-state index in [4.69, 9.17) is 0 Å². The van der Waals surface area contributed by atoms with E-state index in [0.29, 0.717) is 5.65 Å². The van der Waals surface area contributed by atoms with E-state index in [9.17, 15) is 8.42 Å². The van der Waals surface area contributed by atoms with Gasteiger partial charge in [0.1, 0.15) is 0 Å². The van der Waals surface area contributed by atoms with Crippen molar-refractivity contribution in [2.45, 2.75) is 11.8 Å². The Morgan fingerprint density at radius 2 is 1.83 bits per heavy atom. The standard InChI is InChI=1S/C22H16BrN3O2S/c1-14-5-7-17(8-6-14)29(27,28)26-13-20(19-11-16(23)12-25-22(19)26)18-4-2-3-15-9-10-24-21(15)18/h2-13,24H,1H3. The number of para-hydroxylation sites is 1. The molecule has 0 bridgehead atoms. The molecule has 7 heteroatoms. The second-order valence-corrected chi connectivity index (χ2v) is 9.66. The van der Waals surface area contributed by atoms with E-state index < -0.39 is 10.0 Å². The van der Waals surface area contributed by atoms with Crippen LogP contribution in [0.3, 0.4) is 0 Å². The number of hydrogen-bond donors (Lipinski definition) is 1. The van der Waals surface area contributed by atoms with E-state index in [1.54, 1.807) is 36.7 Å². The van der Waals surface area contributed by atoms with Crippen molar-refractivity contribution in [3.63, 3.8) is 0 Å². The highest BCUT2D eigenvalue weighted by Crippen LogP contribution is 2.36. The summed E-state index contributed by atoms with van der Waals surface area (Å²) >= 11 is 3.46. The monoisotopic (exact) mass is 465 g/mol. The predicted octanol–water partition coefficient (Wildman–Crippen LogP) is 5.49. The third-order valence-electron chi connectivity index (χ3n) is 5.03. The van der Waals surface area contributed by atoms with E-state index in [-0.39, 0.29) is 4.90 Å². The Labute approximate surface area is 176 Å². The van der Waals surface area contributed by atoms with Crippen LogP contribution in [-0.2, 0) is 10.0 Å². The second kappa shape index (κ2) is 6.57. The first kappa shape index (κ1) is 18.1. The van der Waals surface area contributed by atoms with Crippen molar-refractivity contribution < 1.29 is 8.42 Å². The summed E-state index contributed by atoms with van der Waals surface area (Å²) in [6, 6.07) is 16.7. The molecule has 5 nitrogen and oxygen atoms in total. The number of aromatic amines is 1. The Morgan fingerprint density at radius 3 is 2.62 bits per heavy atom. The molecule has 0 fully saturated rings. The Kier molecular flexibility index (Phi) is 4.11. The zero-order chi connectivity index (χ0) is 20.2. The molecule has 5 aromatic rings. The molecule has 0 saturated heterocycles. The molecule has 0 saturated carbocycles. The Balaban J connectivity index is 1.83. The van der Waals surface area contributed by atoms with Gasteiger partial charge < -0.3 is 4.98 Å². The number of benzene rings is 2. The van der Waals surface area contributed by atoms with Crippen molar-refractivity contribution >= 4 is 47.9 Å². The van der Waals surface area contributed by atoms with Gasteiger partial charge in [0.25, 0.3) is 10.0 Å². The molecule has 0 spiro atoms. The van der Waals surface area contributed by atoms with Gasteiger partial charge in [0.2, 0.25) is 0 Å². The van der Waals surface area contributed by atoms with Gasteiger partial charge in [-0.05, 0) is 52.5 Å². The summed E-state index contributed by atoms with van der Waals surface area (Å²) in [7, 11) is -3.79. The van der Waals surface area contributed by atoms with Crippen LogP contribution in [0.15, 0.2) is 82.6 Å². The average molecular weight is 466 g/mol. The fourth-order valence-corrected chi connectivity index (χ4v) is 5.24. The first-order valence-electron chi connectivity index (χ1n) is 9.00.